The average molecular weight is 401 g/mol. The molecule has 0 unspecified atom stereocenters. The van der Waals surface area contributed by atoms with Gasteiger partial charge in [0.1, 0.15) is 11.6 Å². The van der Waals surface area contributed by atoms with E-state index in [0.29, 0.717) is 22.3 Å². The minimum Gasteiger partial charge on any atom is -0.472 e. The standard InChI is InChI=1S/C20H21ClN4O3/c1-20(2,3)19-24-17(25-28-19)14-8-15(21)18(23-10-14)27-11-13-7-5-4-6-12(13)9-16(22)26/h4-8,10H,9,11H2,1-3H3,(H2,22,26). The predicted octanol–water partition coefficient (Wildman–Crippen LogP) is 3.69. The highest BCUT2D eigenvalue weighted by atomic mass is 35.5. The van der Waals surface area contributed by atoms with Crippen molar-refractivity contribution in [1.82, 2.24) is 15.1 Å². The van der Waals surface area contributed by atoms with Crippen molar-refractivity contribution >= 4 is 17.5 Å². The van der Waals surface area contributed by atoms with Gasteiger partial charge in [-0.2, -0.15) is 4.98 Å². The van der Waals surface area contributed by atoms with Crippen LogP contribution >= 0.6 is 11.6 Å². The van der Waals surface area contributed by atoms with Gasteiger partial charge in [0.05, 0.1) is 6.42 Å². The first-order chi connectivity index (χ1) is 13.2. The highest BCUT2D eigenvalue weighted by Gasteiger charge is 2.22. The van der Waals surface area contributed by atoms with Crippen LogP contribution in [0.5, 0.6) is 5.88 Å². The zero-order valence-corrected chi connectivity index (χ0v) is 16.7. The molecule has 0 atom stereocenters. The summed E-state index contributed by atoms with van der Waals surface area (Å²) in [7, 11) is 0. The molecule has 1 aromatic carbocycles. The highest BCUT2D eigenvalue weighted by Crippen LogP contribution is 2.29. The molecule has 3 aromatic rings. The molecule has 0 aliphatic heterocycles. The number of benzene rings is 1. The van der Waals surface area contributed by atoms with E-state index in [1.807, 2.05) is 45.0 Å². The molecule has 0 saturated carbocycles. The molecule has 146 valence electrons. The van der Waals surface area contributed by atoms with Crippen LogP contribution in [0.15, 0.2) is 41.1 Å². The molecule has 8 heteroatoms. The molecule has 0 aliphatic rings. The molecule has 1 amide bonds. The Morgan fingerprint density at radius 1 is 1.25 bits per heavy atom. The molecule has 0 fully saturated rings. The van der Waals surface area contributed by atoms with Gasteiger partial charge in [-0.25, -0.2) is 4.98 Å². The van der Waals surface area contributed by atoms with Crippen molar-refractivity contribution in [2.75, 3.05) is 0 Å². The topological polar surface area (TPSA) is 104 Å². The Morgan fingerprint density at radius 2 is 1.96 bits per heavy atom. The first kappa shape index (κ1) is 19.8. The monoisotopic (exact) mass is 400 g/mol. The summed E-state index contributed by atoms with van der Waals surface area (Å²) >= 11 is 6.32. The number of pyridine rings is 1. The fourth-order valence-corrected chi connectivity index (χ4v) is 2.72. The van der Waals surface area contributed by atoms with E-state index in [0.717, 1.165) is 11.1 Å². The second-order valence-corrected chi connectivity index (χ2v) is 7.79. The van der Waals surface area contributed by atoms with Crippen LogP contribution in [0, 0.1) is 0 Å². The quantitative estimate of drug-likeness (QED) is 0.676. The molecular weight excluding hydrogens is 380 g/mol. The van der Waals surface area contributed by atoms with Gasteiger partial charge in [0.15, 0.2) is 0 Å². The maximum atomic E-state index is 11.2. The number of rotatable bonds is 6. The van der Waals surface area contributed by atoms with Crippen molar-refractivity contribution < 1.29 is 14.1 Å². The Morgan fingerprint density at radius 3 is 2.57 bits per heavy atom. The third-order valence-electron chi connectivity index (χ3n) is 3.98. The fourth-order valence-electron chi connectivity index (χ4n) is 2.50. The van der Waals surface area contributed by atoms with E-state index in [-0.39, 0.29) is 24.3 Å². The van der Waals surface area contributed by atoms with Crippen molar-refractivity contribution in [3.63, 3.8) is 0 Å². The van der Waals surface area contributed by atoms with Crippen LogP contribution in [0.25, 0.3) is 11.4 Å². The zero-order chi connectivity index (χ0) is 20.3. The Kier molecular flexibility index (Phi) is 5.65. The van der Waals surface area contributed by atoms with Crippen LogP contribution in [-0.4, -0.2) is 21.0 Å². The first-order valence-corrected chi connectivity index (χ1v) is 9.10. The minimum atomic E-state index is -0.400. The molecule has 0 saturated heterocycles. The van der Waals surface area contributed by atoms with Crippen molar-refractivity contribution in [3.8, 4) is 17.3 Å². The lowest BCUT2D eigenvalue weighted by atomic mass is 9.97. The molecule has 2 heterocycles. The summed E-state index contributed by atoms with van der Waals surface area (Å²) in [6, 6.07) is 9.10. The molecule has 3 rings (SSSR count). The van der Waals surface area contributed by atoms with Gasteiger partial charge in [0, 0.05) is 17.2 Å². The maximum absolute atomic E-state index is 11.2. The van der Waals surface area contributed by atoms with Crippen molar-refractivity contribution in [1.29, 1.82) is 0 Å². The number of hydrogen-bond acceptors (Lipinski definition) is 6. The van der Waals surface area contributed by atoms with Crippen LogP contribution in [0.1, 0.15) is 37.8 Å². The molecular formula is C20H21ClN4O3. The summed E-state index contributed by atoms with van der Waals surface area (Å²) in [5.41, 5.74) is 7.33. The molecule has 2 N–H and O–H groups in total. The molecule has 0 aliphatic carbocycles. The number of hydrogen-bond donors (Lipinski definition) is 1. The smallest absolute Gasteiger partial charge is 0.232 e. The summed E-state index contributed by atoms with van der Waals surface area (Å²) in [5, 5.41) is 4.31. The van der Waals surface area contributed by atoms with Crippen LogP contribution in [0.2, 0.25) is 5.02 Å². The van der Waals surface area contributed by atoms with Gasteiger partial charge in [0.2, 0.25) is 23.5 Å². The summed E-state index contributed by atoms with van der Waals surface area (Å²) in [5.74, 6) is 0.823. The number of ether oxygens (including phenoxy) is 1. The SMILES string of the molecule is CC(C)(C)c1nc(-c2cnc(OCc3ccccc3CC(N)=O)c(Cl)c2)no1. The Balaban J connectivity index is 1.75. The van der Waals surface area contributed by atoms with Crippen molar-refractivity contribution in [2.45, 2.75) is 39.2 Å². The van der Waals surface area contributed by atoms with Crippen molar-refractivity contribution in [2.24, 2.45) is 5.73 Å². The van der Waals surface area contributed by atoms with E-state index in [1.165, 1.54) is 0 Å². The average Bonchev–Trinajstić information content (AvgIpc) is 3.12. The van der Waals surface area contributed by atoms with Gasteiger partial charge < -0.3 is 15.0 Å². The van der Waals surface area contributed by atoms with Gasteiger partial charge in [-0.15, -0.1) is 0 Å². The number of halogens is 1. The lowest BCUT2D eigenvalue weighted by molar-refractivity contribution is -0.117. The Labute approximate surface area is 167 Å². The Bertz CT molecular complexity index is 995. The number of carbonyl (C=O) groups is 1. The van der Waals surface area contributed by atoms with Gasteiger partial charge in [-0.3, -0.25) is 4.79 Å². The summed E-state index contributed by atoms with van der Waals surface area (Å²) < 4.78 is 11.0. The Hall–Kier alpha value is -2.93. The maximum Gasteiger partial charge on any atom is 0.232 e. The minimum absolute atomic E-state index is 0.146. The van der Waals surface area contributed by atoms with E-state index in [1.54, 1.807) is 12.3 Å². The van der Waals surface area contributed by atoms with Gasteiger partial charge in [0.25, 0.3) is 0 Å². The largest absolute Gasteiger partial charge is 0.472 e. The first-order valence-electron chi connectivity index (χ1n) is 8.72. The van der Waals surface area contributed by atoms with Crippen molar-refractivity contribution in [3.05, 3.63) is 58.6 Å². The molecule has 28 heavy (non-hydrogen) atoms. The fraction of sp³-hybridized carbons (Fsp3) is 0.300. The van der Waals surface area contributed by atoms with E-state index in [9.17, 15) is 4.79 Å². The number of aromatic nitrogens is 3. The third-order valence-corrected chi connectivity index (χ3v) is 4.25. The number of amides is 1. The van der Waals surface area contributed by atoms with Crippen LogP contribution in [0.4, 0.5) is 0 Å². The highest BCUT2D eigenvalue weighted by molar-refractivity contribution is 6.32. The number of nitrogens with zero attached hydrogens (tertiary/aromatic N) is 3. The van der Waals surface area contributed by atoms with Crippen LogP contribution < -0.4 is 10.5 Å². The van der Waals surface area contributed by atoms with Gasteiger partial charge >= 0.3 is 0 Å². The van der Waals surface area contributed by atoms with Crippen LogP contribution in [-0.2, 0) is 23.2 Å². The van der Waals surface area contributed by atoms with E-state index < -0.39 is 5.91 Å². The summed E-state index contributed by atoms with van der Waals surface area (Å²) in [6.07, 6.45) is 1.72. The zero-order valence-electron chi connectivity index (χ0n) is 15.9. The molecule has 0 bridgehead atoms. The molecule has 7 nitrogen and oxygen atoms in total. The summed E-state index contributed by atoms with van der Waals surface area (Å²) in [6.45, 7) is 6.18. The van der Waals surface area contributed by atoms with E-state index in [2.05, 4.69) is 15.1 Å². The molecule has 0 spiro atoms. The molecule has 2 aromatic heterocycles. The number of carbonyl (C=O) groups excluding carboxylic acids is 1. The number of nitrogens with two attached hydrogens (primary N) is 1. The lowest BCUT2D eigenvalue weighted by Gasteiger charge is -2.11. The van der Waals surface area contributed by atoms with Crippen LogP contribution in [0.3, 0.4) is 0 Å². The lowest BCUT2D eigenvalue weighted by Crippen LogP contribution is -2.15. The second-order valence-electron chi connectivity index (χ2n) is 7.38. The van der Waals surface area contributed by atoms with E-state index in [4.69, 9.17) is 26.6 Å². The second kappa shape index (κ2) is 7.98. The number of primary amides is 1. The predicted molar refractivity (Wildman–Crippen MR) is 105 cm³/mol. The normalized spacial score (nSPS) is 11.4. The van der Waals surface area contributed by atoms with Gasteiger partial charge in [-0.05, 0) is 17.2 Å². The molecule has 0 radical (unpaired) electrons. The van der Waals surface area contributed by atoms with E-state index >= 15 is 0 Å². The summed E-state index contributed by atoms with van der Waals surface area (Å²) in [4.78, 5) is 19.9. The third kappa shape index (κ3) is 4.67. The van der Waals surface area contributed by atoms with Gasteiger partial charge in [-0.1, -0.05) is 61.8 Å².